The van der Waals surface area contributed by atoms with Gasteiger partial charge in [-0.05, 0) is 40.5 Å². The van der Waals surface area contributed by atoms with Gasteiger partial charge in [0, 0.05) is 0 Å². The van der Waals surface area contributed by atoms with Crippen molar-refractivity contribution in [1.82, 2.24) is 0 Å². The van der Waals surface area contributed by atoms with E-state index in [2.05, 4.69) is 6.92 Å². The number of aryl methyl sites for hydroxylation is 1. The molecule has 0 saturated heterocycles. The topological polar surface area (TPSA) is 52.6 Å². The fourth-order valence-corrected chi connectivity index (χ4v) is 3.02. The summed E-state index contributed by atoms with van der Waals surface area (Å²) < 4.78 is 10.7. The fourth-order valence-electron chi connectivity index (χ4n) is 3.02. The highest BCUT2D eigenvalue weighted by Crippen LogP contribution is 2.20. The summed E-state index contributed by atoms with van der Waals surface area (Å²) in [5, 5.41) is 2.24. The lowest BCUT2D eigenvalue weighted by atomic mass is 10.1. The number of hydrogen-bond donors (Lipinski definition) is 0. The summed E-state index contributed by atoms with van der Waals surface area (Å²) >= 11 is 0. The quantitative estimate of drug-likeness (QED) is 0.399. The zero-order valence-corrected chi connectivity index (χ0v) is 16.0. The van der Waals surface area contributed by atoms with Crippen molar-refractivity contribution in [1.29, 1.82) is 0 Å². The summed E-state index contributed by atoms with van der Waals surface area (Å²) in [5.41, 5.74) is 1.92. The van der Waals surface area contributed by atoms with Gasteiger partial charge in [-0.1, -0.05) is 67.9 Å². The molecule has 28 heavy (non-hydrogen) atoms. The second-order valence-electron chi connectivity index (χ2n) is 6.67. The largest absolute Gasteiger partial charge is 0.461 e. The average molecular weight is 376 g/mol. The van der Waals surface area contributed by atoms with Gasteiger partial charge in [0.2, 0.25) is 0 Å². The lowest BCUT2D eigenvalue weighted by Crippen LogP contribution is -2.13. The molecule has 0 radical (unpaired) electrons. The summed E-state index contributed by atoms with van der Waals surface area (Å²) in [6.45, 7) is 2.27. The van der Waals surface area contributed by atoms with Crippen molar-refractivity contribution in [3.63, 3.8) is 0 Å². The van der Waals surface area contributed by atoms with Crippen LogP contribution in [0, 0.1) is 0 Å². The second-order valence-corrected chi connectivity index (χ2v) is 6.67. The predicted octanol–water partition coefficient (Wildman–Crippen LogP) is 5.22. The minimum atomic E-state index is -0.425. The smallest absolute Gasteiger partial charge is 0.311 e. The fraction of sp³-hybridized carbons (Fsp3) is 0.250. The molecule has 4 nitrogen and oxygen atoms in total. The molecule has 0 heterocycles. The van der Waals surface area contributed by atoms with E-state index in [4.69, 9.17) is 9.47 Å². The van der Waals surface area contributed by atoms with E-state index in [-0.39, 0.29) is 19.4 Å². The van der Waals surface area contributed by atoms with Gasteiger partial charge in [-0.3, -0.25) is 9.59 Å². The standard InChI is InChI=1S/C24H24O4/c1-2-7-20-9-5-6-11-22(20)28-24(26)15-14-23(25)27-17-18-12-13-19-8-3-4-10-21(19)16-18/h3-6,8-13,16H,2,7,14-15,17H2,1H3. The summed E-state index contributed by atoms with van der Waals surface area (Å²) in [5.74, 6) is -0.267. The van der Waals surface area contributed by atoms with Gasteiger partial charge in [0.15, 0.2) is 0 Å². The highest BCUT2D eigenvalue weighted by atomic mass is 16.5. The van der Waals surface area contributed by atoms with Crippen molar-refractivity contribution in [2.75, 3.05) is 0 Å². The van der Waals surface area contributed by atoms with Gasteiger partial charge in [-0.2, -0.15) is 0 Å². The highest BCUT2D eigenvalue weighted by Gasteiger charge is 2.12. The Morgan fingerprint density at radius 3 is 2.36 bits per heavy atom. The van der Waals surface area contributed by atoms with Gasteiger partial charge in [0.05, 0.1) is 12.8 Å². The Labute approximate surface area is 165 Å². The number of carbonyl (C=O) groups excluding carboxylic acids is 2. The van der Waals surface area contributed by atoms with Crippen molar-refractivity contribution in [3.05, 3.63) is 77.9 Å². The first-order valence-corrected chi connectivity index (χ1v) is 9.57. The first-order chi connectivity index (χ1) is 13.7. The van der Waals surface area contributed by atoms with E-state index in [1.165, 1.54) is 0 Å². The molecule has 0 amide bonds. The number of benzene rings is 3. The minimum absolute atomic E-state index is 0.00234. The minimum Gasteiger partial charge on any atom is -0.461 e. The van der Waals surface area contributed by atoms with Crippen LogP contribution in [0.2, 0.25) is 0 Å². The lowest BCUT2D eigenvalue weighted by Gasteiger charge is -2.09. The van der Waals surface area contributed by atoms with Crippen LogP contribution in [0.3, 0.4) is 0 Å². The van der Waals surface area contributed by atoms with E-state index in [0.29, 0.717) is 5.75 Å². The Bertz CT molecular complexity index is 961. The molecule has 0 unspecified atom stereocenters. The Morgan fingerprint density at radius 1 is 0.821 bits per heavy atom. The third kappa shape index (κ3) is 5.43. The van der Waals surface area contributed by atoms with E-state index < -0.39 is 11.9 Å². The number of ether oxygens (including phenoxy) is 2. The lowest BCUT2D eigenvalue weighted by molar-refractivity contribution is -0.148. The molecule has 0 aromatic heterocycles. The number of esters is 2. The van der Waals surface area contributed by atoms with Gasteiger partial charge in [-0.15, -0.1) is 0 Å². The van der Waals surface area contributed by atoms with E-state index in [0.717, 1.165) is 34.7 Å². The van der Waals surface area contributed by atoms with Crippen LogP contribution in [-0.2, 0) is 27.4 Å². The first-order valence-electron chi connectivity index (χ1n) is 9.57. The molecule has 0 fully saturated rings. The Balaban J connectivity index is 1.46. The van der Waals surface area contributed by atoms with Crippen LogP contribution in [0.1, 0.15) is 37.3 Å². The van der Waals surface area contributed by atoms with Crippen molar-refractivity contribution in [2.24, 2.45) is 0 Å². The Morgan fingerprint density at radius 2 is 1.54 bits per heavy atom. The molecule has 0 N–H and O–H groups in total. The third-order valence-corrected chi connectivity index (χ3v) is 4.46. The molecule has 144 valence electrons. The zero-order chi connectivity index (χ0) is 19.8. The molecule has 0 bridgehead atoms. The number of rotatable bonds is 8. The molecule has 0 spiro atoms. The maximum atomic E-state index is 12.1. The Kier molecular flexibility index (Phi) is 6.79. The molecule has 0 saturated carbocycles. The van der Waals surface area contributed by atoms with Gasteiger partial charge in [0.25, 0.3) is 0 Å². The number of para-hydroxylation sites is 1. The summed E-state index contributed by atoms with van der Waals surface area (Å²) in [4.78, 5) is 24.0. The molecule has 3 aromatic carbocycles. The van der Waals surface area contributed by atoms with Crippen LogP contribution in [0.15, 0.2) is 66.7 Å². The number of carbonyl (C=O) groups is 2. The highest BCUT2D eigenvalue weighted by molar-refractivity contribution is 5.83. The molecular weight excluding hydrogens is 352 g/mol. The van der Waals surface area contributed by atoms with Crippen LogP contribution >= 0.6 is 0 Å². The Hall–Kier alpha value is -3.14. The summed E-state index contributed by atoms with van der Waals surface area (Å²) in [6.07, 6.45) is 1.81. The maximum Gasteiger partial charge on any atom is 0.311 e. The van der Waals surface area contributed by atoms with Crippen LogP contribution in [0.25, 0.3) is 10.8 Å². The van der Waals surface area contributed by atoms with Crippen LogP contribution in [0.5, 0.6) is 5.75 Å². The van der Waals surface area contributed by atoms with Crippen molar-refractivity contribution >= 4 is 22.7 Å². The molecule has 0 aliphatic carbocycles. The monoisotopic (exact) mass is 376 g/mol. The van der Waals surface area contributed by atoms with E-state index in [9.17, 15) is 9.59 Å². The zero-order valence-electron chi connectivity index (χ0n) is 16.0. The van der Waals surface area contributed by atoms with Gasteiger partial charge in [-0.25, -0.2) is 0 Å². The van der Waals surface area contributed by atoms with Gasteiger partial charge < -0.3 is 9.47 Å². The molecule has 3 rings (SSSR count). The van der Waals surface area contributed by atoms with Crippen LogP contribution < -0.4 is 4.74 Å². The summed E-state index contributed by atoms with van der Waals surface area (Å²) in [7, 11) is 0. The normalized spacial score (nSPS) is 10.6. The average Bonchev–Trinajstić information content (AvgIpc) is 2.72. The van der Waals surface area contributed by atoms with Gasteiger partial charge in [0.1, 0.15) is 12.4 Å². The number of hydrogen-bond acceptors (Lipinski definition) is 4. The second kappa shape index (κ2) is 9.70. The van der Waals surface area contributed by atoms with Crippen molar-refractivity contribution in [2.45, 2.75) is 39.2 Å². The van der Waals surface area contributed by atoms with Crippen molar-refractivity contribution in [3.8, 4) is 5.75 Å². The summed E-state index contributed by atoms with van der Waals surface area (Å²) in [6, 6.07) is 21.4. The SMILES string of the molecule is CCCc1ccccc1OC(=O)CCC(=O)OCc1ccc2ccccc2c1. The van der Waals surface area contributed by atoms with Crippen LogP contribution in [-0.4, -0.2) is 11.9 Å². The van der Waals surface area contributed by atoms with Crippen LogP contribution in [0.4, 0.5) is 0 Å². The molecule has 4 heteroatoms. The predicted molar refractivity (Wildman–Crippen MR) is 109 cm³/mol. The first kappa shape index (κ1) is 19.6. The van der Waals surface area contributed by atoms with E-state index in [1.807, 2.05) is 60.7 Å². The third-order valence-electron chi connectivity index (χ3n) is 4.46. The molecule has 0 aliphatic rings. The maximum absolute atomic E-state index is 12.1. The van der Waals surface area contributed by atoms with Crippen molar-refractivity contribution < 1.29 is 19.1 Å². The van der Waals surface area contributed by atoms with E-state index >= 15 is 0 Å². The van der Waals surface area contributed by atoms with Gasteiger partial charge >= 0.3 is 11.9 Å². The molecular formula is C24H24O4. The van der Waals surface area contributed by atoms with E-state index in [1.54, 1.807) is 6.07 Å². The molecule has 3 aromatic rings. The molecule has 0 aliphatic heterocycles. The molecule has 0 atom stereocenters. The number of fused-ring (bicyclic) bond motifs is 1.